The highest BCUT2D eigenvalue weighted by Crippen LogP contribution is 2.29. The van der Waals surface area contributed by atoms with Gasteiger partial charge in [-0.2, -0.15) is 9.40 Å². The minimum atomic E-state index is -3.57. The van der Waals surface area contributed by atoms with Crippen molar-refractivity contribution in [2.75, 3.05) is 13.1 Å². The van der Waals surface area contributed by atoms with Crippen LogP contribution in [0.15, 0.2) is 4.90 Å². The van der Waals surface area contributed by atoms with E-state index >= 15 is 0 Å². The van der Waals surface area contributed by atoms with Crippen molar-refractivity contribution in [1.82, 2.24) is 19.4 Å². The van der Waals surface area contributed by atoms with Crippen LogP contribution < -0.4 is 5.32 Å². The molecule has 152 valence electrons. The fourth-order valence-electron chi connectivity index (χ4n) is 4.45. The summed E-state index contributed by atoms with van der Waals surface area (Å²) in [6.45, 7) is 6.48. The van der Waals surface area contributed by atoms with Crippen LogP contribution >= 0.6 is 0 Å². The molecule has 27 heavy (non-hydrogen) atoms. The summed E-state index contributed by atoms with van der Waals surface area (Å²) in [7, 11) is -1.82. The van der Waals surface area contributed by atoms with Crippen LogP contribution in [0.2, 0.25) is 0 Å². The monoisotopic (exact) mass is 396 g/mol. The molecule has 1 aliphatic heterocycles. The third-order valence-electron chi connectivity index (χ3n) is 6.30. The Bertz CT molecular complexity index is 794. The normalized spacial score (nSPS) is 25.5. The number of nitrogens with zero attached hydrogens (tertiary/aromatic N) is 3. The Morgan fingerprint density at radius 1 is 1.11 bits per heavy atom. The van der Waals surface area contributed by atoms with Gasteiger partial charge in [-0.05, 0) is 45.4 Å². The molecule has 1 N–H and O–H groups in total. The second kappa shape index (κ2) is 7.91. The van der Waals surface area contributed by atoms with Gasteiger partial charge in [-0.3, -0.25) is 9.48 Å². The van der Waals surface area contributed by atoms with Crippen molar-refractivity contribution in [1.29, 1.82) is 0 Å². The van der Waals surface area contributed by atoms with Gasteiger partial charge < -0.3 is 5.32 Å². The maximum atomic E-state index is 13.1. The Labute approximate surface area is 162 Å². The van der Waals surface area contributed by atoms with E-state index in [0.29, 0.717) is 48.1 Å². The average molecular weight is 397 g/mol. The summed E-state index contributed by atoms with van der Waals surface area (Å²) in [5.41, 5.74) is 1.18. The number of rotatable bonds is 4. The first kappa shape index (κ1) is 20.3. The fourth-order valence-corrected chi connectivity index (χ4v) is 6.32. The molecular formula is C19H32N4O3S. The molecule has 8 heteroatoms. The molecule has 0 bridgehead atoms. The zero-order chi connectivity index (χ0) is 19.8. The van der Waals surface area contributed by atoms with E-state index in [1.165, 1.54) is 23.6 Å². The first-order valence-corrected chi connectivity index (χ1v) is 11.5. The molecule has 2 aliphatic rings. The molecule has 2 unspecified atom stereocenters. The number of carbonyl (C=O) groups is 1. The van der Waals surface area contributed by atoms with Crippen LogP contribution in [0.1, 0.15) is 56.8 Å². The predicted molar refractivity (Wildman–Crippen MR) is 104 cm³/mol. The first-order valence-electron chi connectivity index (χ1n) is 10.0. The molecule has 1 aromatic heterocycles. The zero-order valence-electron chi connectivity index (χ0n) is 16.9. The number of aromatic nitrogens is 2. The Morgan fingerprint density at radius 2 is 1.74 bits per heavy atom. The van der Waals surface area contributed by atoms with Gasteiger partial charge in [0.1, 0.15) is 4.90 Å². The number of hydrogen-bond donors (Lipinski definition) is 1. The molecule has 0 aromatic carbocycles. The largest absolute Gasteiger partial charge is 0.353 e. The van der Waals surface area contributed by atoms with E-state index in [0.717, 1.165) is 6.42 Å². The molecular weight excluding hydrogens is 364 g/mol. The van der Waals surface area contributed by atoms with Crippen molar-refractivity contribution in [2.45, 2.75) is 70.2 Å². The smallest absolute Gasteiger partial charge is 0.246 e. The predicted octanol–water partition coefficient (Wildman–Crippen LogP) is 2.13. The van der Waals surface area contributed by atoms with Crippen LogP contribution in [0.5, 0.6) is 0 Å². The van der Waals surface area contributed by atoms with Gasteiger partial charge in [-0.15, -0.1) is 0 Å². The highest BCUT2D eigenvalue weighted by molar-refractivity contribution is 7.89. The molecule has 0 radical (unpaired) electrons. The average Bonchev–Trinajstić information content (AvgIpc) is 2.89. The Morgan fingerprint density at radius 3 is 2.30 bits per heavy atom. The summed E-state index contributed by atoms with van der Waals surface area (Å²) < 4.78 is 29.2. The molecule has 2 heterocycles. The van der Waals surface area contributed by atoms with E-state index in [1.807, 2.05) is 0 Å². The number of aryl methyl sites for hydroxylation is 2. The number of sulfonamides is 1. The number of carbonyl (C=O) groups excluding carboxylic acids is 1. The van der Waals surface area contributed by atoms with E-state index in [-0.39, 0.29) is 17.9 Å². The lowest BCUT2D eigenvalue weighted by atomic mass is 9.85. The summed E-state index contributed by atoms with van der Waals surface area (Å²) in [6, 6.07) is 0.272. The molecule has 1 aliphatic carbocycles. The Kier molecular flexibility index (Phi) is 5.96. The lowest BCUT2D eigenvalue weighted by molar-refractivity contribution is -0.127. The van der Waals surface area contributed by atoms with Gasteiger partial charge >= 0.3 is 0 Å². The van der Waals surface area contributed by atoms with Crippen molar-refractivity contribution in [3.63, 3.8) is 0 Å². The number of amides is 1. The third kappa shape index (κ3) is 4.06. The van der Waals surface area contributed by atoms with Crippen LogP contribution in [-0.4, -0.2) is 47.5 Å². The van der Waals surface area contributed by atoms with Gasteiger partial charge in [-0.25, -0.2) is 8.42 Å². The number of hydrogen-bond acceptors (Lipinski definition) is 4. The second-order valence-electron chi connectivity index (χ2n) is 8.18. The summed E-state index contributed by atoms with van der Waals surface area (Å²) in [5, 5.41) is 7.46. The maximum Gasteiger partial charge on any atom is 0.246 e. The highest BCUT2D eigenvalue weighted by atomic mass is 32.2. The van der Waals surface area contributed by atoms with E-state index in [4.69, 9.17) is 0 Å². The minimum absolute atomic E-state index is 0.0957. The minimum Gasteiger partial charge on any atom is -0.353 e. The number of nitrogens with one attached hydrogen (secondary N) is 1. The van der Waals surface area contributed by atoms with Crippen molar-refractivity contribution in [3.8, 4) is 0 Å². The van der Waals surface area contributed by atoms with E-state index < -0.39 is 10.0 Å². The van der Waals surface area contributed by atoms with Crippen LogP contribution in [-0.2, 0) is 21.9 Å². The van der Waals surface area contributed by atoms with Gasteiger partial charge in [-0.1, -0.05) is 19.8 Å². The van der Waals surface area contributed by atoms with Gasteiger partial charge in [0, 0.05) is 32.1 Å². The second-order valence-corrected chi connectivity index (χ2v) is 10.1. The molecule has 2 fully saturated rings. The van der Waals surface area contributed by atoms with Gasteiger partial charge in [0.2, 0.25) is 15.9 Å². The number of piperidine rings is 1. The molecule has 2 atom stereocenters. The lowest BCUT2D eigenvalue weighted by Gasteiger charge is -2.34. The lowest BCUT2D eigenvalue weighted by Crippen LogP contribution is -2.47. The Hall–Kier alpha value is -1.41. The highest BCUT2D eigenvalue weighted by Gasteiger charge is 2.36. The molecule has 3 rings (SSSR count). The summed E-state index contributed by atoms with van der Waals surface area (Å²) in [6.07, 6.45) is 5.80. The SMILES string of the molecule is Cc1nn(C)c(C)c1S(=O)(=O)N1CCC(C(=O)NC2CCCCC2C)CC1. The Balaban J connectivity index is 1.62. The molecule has 1 amide bonds. The van der Waals surface area contributed by atoms with Gasteiger partial charge in [0.25, 0.3) is 0 Å². The van der Waals surface area contributed by atoms with Crippen molar-refractivity contribution in [2.24, 2.45) is 18.9 Å². The molecule has 1 saturated heterocycles. The summed E-state index contributed by atoms with van der Waals surface area (Å²) in [4.78, 5) is 13.0. The van der Waals surface area contributed by atoms with Crippen LogP contribution in [0.25, 0.3) is 0 Å². The molecule has 7 nitrogen and oxygen atoms in total. The molecule has 1 aromatic rings. The van der Waals surface area contributed by atoms with Crippen LogP contribution in [0.3, 0.4) is 0 Å². The molecule has 1 saturated carbocycles. The molecule has 0 spiro atoms. The fraction of sp³-hybridized carbons (Fsp3) is 0.789. The standard InChI is InChI=1S/C19H32N4O3S/c1-13-7-5-6-8-17(13)20-19(24)16-9-11-23(12-10-16)27(25,26)18-14(2)21-22(4)15(18)3/h13,16-17H,5-12H2,1-4H3,(H,20,24). The van der Waals surface area contributed by atoms with Crippen molar-refractivity contribution in [3.05, 3.63) is 11.4 Å². The summed E-state index contributed by atoms with van der Waals surface area (Å²) >= 11 is 0. The van der Waals surface area contributed by atoms with Crippen molar-refractivity contribution >= 4 is 15.9 Å². The van der Waals surface area contributed by atoms with Crippen molar-refractivity contribution < 1.29 is 13.2 Å². The topological polar surface area (TPSA) is 84.3 Å². The van der Waals surface area contributed by atoms with Crippen LogP contribution in [0.4, 0.5) is 0 Å². The first-order chi connectivity index (χ1) is 12.7. The summed E-state index contributed by atoms with van der Waals surface area (Å²) in [5.74, 6) is 0.529. The van der Waals surface area contributed by atoms with E-state index in [9.17, 15) is 13.2 Å². The van der Waals surface area contributed by atoms with Gasteiger partial charge in [0.15, 0.2) is 0 Å². The van der Waals surface area contributed by atoms with E-state index in [1.54, 1.807) is 25.6 Å². The quantitative estimate of drug-likeness (QED) is 0.845. The van der Waals surface area contributed by atoms with Gasteiger partial charge in [0.05, 0.1) is 11.4 Å². The van der Waals surface area contributed by atoms with Crippen LogP contribution in [0, 0.1) is 25.7 Å². The van der Waals surface area contributed by atoms with E-state index in [2.05, 4.69) is 17.3 Å². The maximum absolute atomic E-state index is 13.1. The zero-order valence-corrected chi connectivity index (χ0v) is 17.7. The third-order valence-corrected chi connectivity index (χ3v) is 8.46.